The van der Waals surface area contributed by atoms with Crippen LogP contribution >= 0.6 is 23.4 Å². The minimum Gasteiger partial charge on any atom is -0.482 e. The molecule has 8 heteroatoms. The van der Waals surface area contributed by atoms with Gasteiger partial charge in [0.2, 0.25) is 5.91 Å². The lowest BCUT2D eigenvalue weighted by Crippen LogP contribution is -2.15. The third-order valence-electron chi connectivity index (χ3n) is 5.05. The molecule has 3 rings (SSSR count). The molecule has 0 aliphatic heterocycles. The Morgan fingerprint density at radius 3 is 2.58 bits per heavy atom. The summed E-state index contributed by atoms with van der Waals surface area (Å²) in [5, 5.41) is 12.8. The van der Waals surface area contributed by atoms with Crippen LogP contribution in [-0.4, -0.2) is 26.4 Å². The number of carbonyl (C=O) groups excluding carboxylic acids is 1. The smallest absolute Gasteiger partial charge is 0.234 e. The number of rotatable bonds is 10. The Morgan fingerprint density at radius 2 is 1.94 bits per heavy atom. The predicted molar refractivity (Wildman–Crippen MR) is 135 cm³/mol. The summed E-state index contributed by atoms with van der Waals surface area (Å²) < 4.78 is 8.03. The number of allylic oxidation sites excluding steroid dienone is 1. The minimum absolute atomic E-state index is 0.104. The van der Waals surface area contributed by atoms with Crippen LogP contribution in [0, 0.1) is 6.92 Å². The molecule has 2 aromatic carbocycles. The monoisotopic (exact) mass is 484 g/mol. The number of nitrogens with one attached hydrogen (secondary N) is 1. The number of nitrogens with zero attached hydrogens (tertiary/aromatic N) is 3. The van der Waals surface area contributed by atoms with Crippen LogP contribution in [0.5, 0.6) is 5.75 Å². The van der Waals surface area contributed by atoms with Crippen molar-refractivity contribution in [2.45, 2.75) is 51.4 Å². The lowest BCUT2D eigenvalue weighted by molar-refractivity contribution is -0.113. The maximum absolute atomic E-state index is 12.5. The predicted octanol–water partition coefficient (Wildman–Crippen LogP) is 6.42. The molecular formula is C25H29ClN4O2S. The first-order chi connectivity index (χ1) is 15.8. The van der Waals surface area contributed by atoms with E-state index in [-0.39, 0.29) is 17.8 Å². The van der Waals surface area contributed by atoms with Crippen molar-refractivity contribution in [3.8, 4) is 5.75 Å². The van der Waals surface area contributed by atoms with Crippen LogP contribution in [-0.2, 0) is 11.3 Å². The van der Waals surface area contributed by atoms with E-state index in [1.807, 2.05) is 54.8 Å². The van der Waals surface area contributed by atoms with Crippen molar-refractivity contribution in [3.05, 3.63) is 77.1 Å². The maximum atomic E-state index is 12.5. The van der Waals surface area contributed by atoms with Gasteiger partial charge in [-0.3, -0.25) is 9.36 Å². The Bertz CT molecular complexity index is 1110. The van der Waals surface area contributed by atoms with Crippen molar-refractivity contribution in [3.63, 3.8) is 0 Å². The highest BCUT2D eigenvalue weighted by molar-refractivity contribution is 7.99. The lowest BCUT2D eigenvalue weighted by Gasteiger charge is -2.17. The molecule has 0 saturated heterocycles. The fourth-order valence-corrected chi connectivity index (χ4v) is 4.26. The third kappa shape index (κ3) is 6.62. The fourth-order valence-electron chi connectivity index (χ4n) is 3.27. The van der Waals surface area contributed by atoms with Crippen LogP contribution < -0.4 is 10.1 Å². The number of anilines is 1. The average Bonchev–Trinajstić information content (AvgIpc) is 3.17. The molecule has 1 unspecified atom stereocenters. The van der Waals surface area contributed by atoms with Gasteiger partial charge in [0.25, 0.3) is 0 Å². The molecule has 33 heavy (non-hydrogen) atoms. The number of halogens is 1. The number of carbonyl (C=O) groups is 1. The molecule has 6 nitrogen and oxygen atoms in total. The van der Waals surface area contributed by atoms with E-state index in [1.165, 1.54) is 17.3 Å². The SMILES string of the molecule is C=CCn1c(SCC(=O)Nc2ccc(C(C)C)cc2)nnc1C(C)Oc1ccc(Cl)cc1C. The van der Waals surface area contributed by atoms with Gasteiger partial charge in [-0.05, 0) is 61.2 Å². The summed E-state index contributed by atoms with van der Waals surface area (Å²) in [5.41, 5.74) is 2.95. The van der Waals surface area contributed by atoms with Crippen LogP contribution in [0.3, 0.4) is 0 Å². The number of hydrogen-bond donors (Lipinski definition) is 1. The second kappa shape index (κ2) is 11.4. The lowest BCUT2D eigenvalue weighted by atomic mass is 10.0. The van der Waals surface area contributed by atoms with Gasteiger partial charge in [-0.15, -0.1) is 16.8 Å². The molecule has 1 N–H and O–H groups in total. The van der Waals surface area contributed by atoms with Crippen molar-refractivity contribution < 1.29 is 9.53 Å². The Morgan fingerprint density at radius 1 is 1.21 bits per heavy atom. The molecule has 1 heterocycles. The van der Waals surface area contributed by atoms with Crippen LogP contribution in [0.1, 0.15) is 49.7 Å². The van der Waals surface area contributed by atoms with Crippen molar-refractivity contribution in [1.82, 2.24) is 14.8 Å². The summed E-state index contributed by atoms with van der Waals surface area (Å²) >= 11 is 7.37. The molecule has 0 bridgehead atoms. The molecule has 3 aromatic rings. The largest absolute Gasteiger partial charge is 0.482 e. The van der Waals surface area contributed by atoms with Gasteiger partial charge in [0, 0.05) is 17.3 Å². The maximum Gasteiger partial charge on any atom is 0.234 e. The highest BCUT2D eigenvalue weighted by Gasteiger charge is 2.20. The molecule has 1 amide bonds. The Hall–Kier alpha value is -2.77. The average molecular weight is 485 g/mol. The first kappa shape index (κ1) is 24.9. The molecule has 174 valence electrons. The molecular weight excluding hydrogens is 456 g/mol. The van der Waals surface area contributed by atoms with E-state index in [9.17, 15) is 4.79 Å². The molecule has 0 fully saturated rings. The highest BCUT2D eigenvalue weighted by atomic mass is 35.5. The fraction of sp³-hybridized carbons (Fsp3) is 0.320. The summed E-state index contributed by atoms with van der Waals surface area (Å²) in [7, 11) is 0. The summed E-state index contributed by atoms with van der Waals surface area (Å²) in [6.07, 6.45) is 1.42. The van der Waals surface area contributed by atoms with Gasteiger partial charge in [0.1, 0.15) is 5.75 Å². The van der Waals surface area contributed by atoms with Gasteiger partial charge in [0.05, 0.1) is 5.75 Å². The normalized spacial score (nSPS) is 11.9. The van der Waals surface area contributed by atoms with Crippen LogP contribution in [0.15, 0.2) is 60.3 Å². The zero-order valence-electron chi connectivity index (χ0n) is 19.3. The minimum atomic E-state index is -0.347. The van der Waals surface area contributed by atoms with Gasteiger partial charge in [-0.1, -0.05) is 55.4 Å². The quantitative estimate of drug-likeness (QED) is 0.265. The van der Waals surface area contributed by atoms with E-state index >= 15 is 0 Å². The van der Waals surface area contributed by atoms with E-state index in [0.29, 0.717) is 28.5 Å². The number of amides is 1. The second-order valence-corrected chi connectivity index (χ2v) is 9.40. The van der Waals surface area contributed by atoms with Gasteiger partial charge in [-0.2, -0.15) is 0 Å². The Balaban J connectivity index is 1.65. The van der Waals surface area contributed by atoms with Crippen LogP contribution in [0.2, 0.25) is 5.02 Å². The zero-order chi connectivity index (χ0) is 24.0. The van der Waals surface area contributed by atoms with E-state index < -0.39 is 0 Å². The highest BCUT2D eigenvalue weighted by Crippen LogP contribution is 2.28. The van der Waals surface area contributed by atoms with Crippen LogP contribution in [0.4, 0.5) is 5.69 Å². The number of hydrogen-bond acceptors (Lipinski definition) is 5. The van der Waals surface area contributed by atoms with Crippen LogP contribution in [0.25, 0.3) is 0 Å². The topological polar surface area (TPSA) is 69.0 Å². The van der Waals surface area contributed by atoms with Crippen molar-refractivity contribution >= 4 is 35.0 Å². The van der Waals surface area contributed by atoms with E-state index in [4.69, 9.17) is 16.3 Å². The number of aryl methyl sites for hydroxylation is 1. The van der Waals surface area contributed by atoms with E-state index in [1.54, 1.807) is 12.1 Å². The summed E-state index contributed by atoms with van der Waals surface area (Å²) in [4.78, 5) is 12.5. The summed E-state index contributed by atoms with van der Waals surface area (Å²) in [6, 6.07) is 13.4. The molecule has 0 aliphatic rings. The van der Waals surface area contributed by atoms with Crippen molar-refractivity contribution in [2.24, 2.45) is 0 Å². The first-order valence-electron chi connectivity index (χ1n) is 10.8. The Labute approximate surface area is 204 Å². The first-order valence-corrected chi connectivity index (χ1v) is 12.1. The number of thioether (sulfide) groups is 1. The third-order valence-corrected chi connectivity index (χ3v) is 6.26. The zero-order valence-corrected chi connectivity index (χ0v) is 20.9. The van der Waals surface area contributed by atoms with E-state index in [0.717, 1.165) is 17.0 Å². The van der Waals surface area contributed by atoms with Gasteiger partial charge >= 0.3 is 0 Å². The molecule has 0 aliphatic carbocycles. The molecule has 0 radical (unpaired) electrons. The number of aromatic nitrogens is 3. The molecule has 1 aromatic heterocycles. The molecule has 0 saturated carbocycles. The van der Waals surface area contributed by atoms with Gasteiger partial charge in [-0.25, -0.2) is 0 Å². The molecule has 0 spiro atoms. The second-order valence-electron chi connectivity index (χ2n) is 8.02. The molecule has 1 atom stereocenters. The standard InChI is InChI=1S/C25H29ClN4O2S/c1-6-13-30-24(18(5)32-22-12-9-20(26)14-17(22)4)28-29-25(30)33-15-23(31)27-21-10-7-19(8-11-21)16(2)3/h6-12,14,16,18H,1,13,15H2,2-5H3,(H,27,31). The van der Waals surface area contributed by atoms with Gasteiger partial charge < -0.3 is 10.1 Å². The van der Waals surface area contributed by atoms with Crippen molar-refractivity contribution in [2.75, 3.05) is 11.1 Å². The van der Waals surface area contributed by atoms with Gasteiger partial charge in [0.15, 0.2) is 17.1 Å². The number of benzene rings is 2. The summed E-state index contributed by atoms with van der Waals surface area (Å²) in [5.74, 6) is 1.96. The summed E-state index contributed by atoms with van der Waals surface area (Å²) in [6.45, 7) is 12.5. The van der Waals surface area contributed by atoms with Crippen molar-refractivity contribution in [1.29, 1.82) is 0 Å². The number of ether oxygens (including phenoxy) is 1. The van der Waals surface area contributed by atoms with E-state index in [2.05, 4.69) is 35.9 Å². The Kier molecular flexibility index (Phi) is 8.58.